The lowest BCUT2D eigenvalue weighted by molar-refractivity contribution is -0.427. The molecule has 22 nitrogen and oxygen atoms in total. The summed E-state index contributed by atoms with van der Waals surface area (Å²) >= 11 is 0. The quantitative estimate of drug-likeness (QED) is 0.0127. The second-order valence-electron chi connectivity index (χ2n) is 12.9. The Morgan fingerprint density at radius 1 is 0.562 bits per heavy atom. The maximum absolute atomic E-state index is 12.9. The fourth-order valence-electron chi connectivity index (χ4n) is 5.35. The molecule has 0 radical (unpaired) electrons. The molecule has 328 valence electrons. The summed E-state index contributed by atoms with van der Waals surface area (Å²) in [5.41, 5.74) is 3.30. The zero-order valence-electron chi connectivity index (χ0n) is 32.0. The summed E-state index contributed by atoms with van der Waals surface area (Å²) in [7, 11) is -18.6. The van der Waals surface area contributed by atoms with Gasteiger partial charge in [-0.15, -0.1) is 15.7 Å². The van der Waals surface area contributed by atoms with Crippen LogP contribution in [-0.4, -0.2) is 78.2 Å². The molecule has 0 unspecified atom stereocenters. The van der Waals surface area contributed by atoms with Crippen LogP contribution in [0.4, 0.5) is 34.1 Å². The molecule has 64 heavy (non-hydrogen) atoms. The lowest BCUT2D eigenvalue weighted by Gasteiger charge is -2.11. The summed E-state index contributed by atoms with van der Waals surface area (Å²) in [6.45, 7) is 0. The van der Waals surface area contributed by atoms with Gasteiger partial charge in [0.25, 0.3) is 46.2 Å². The Bertz CT molecular complexity index is 3330. The molecule has 5 aromatic rings. The van der Waals surface area contributed by atoms with Crippen LogP contribution in [0, 0.1) is 4.91 Å². The predicted molar refractivity (Wildman–Crippen MR) is 229 cm³/mol. The minimum atomic E-state index is -4.93. The number of rotatable bonds is 14. The maximum atomic E-state index is 12.9. The van der Waals surface area contributed by atoms with Gasteiger partial charge in [0.1, 0.15) is 20.6 Å². The average molecular weight is 951 g/mol. The van der Waals surface area contributed by atoms with E-state index in [4.69, 9.17) is 9.11 Å². The number of benzene rings is 5. The molecule has 0 heterocycles. The molecule has 0 spiro atoms. The van der Waals surface area contributed by atoms with Gasteiger partial charge in [0.2, 0.25) is 0 Å². The number of nitrogens with one attached hydrogen (secondary N) is 1. The van der Waals surface area contributed by atoms with E-state index in [2.05, 4.69) is 30.7 Å². The molecule has 0 saturated carbocycles. The van der Waals surface area contributed by atoms with Crippen molar-refractivity contribution in [1.82, 2.24) is 0 Å². The lowest BCUT2D eigenvalue weighted by Crippen LogP contribution is -2.14. The molecule has 1 aliphatic carbocycles. The third-order valence-electron chi connectivity index (χ3n) is 8.45. The van der Waals surface area contributed by atoms with E-state index < -0.39 is 50.3 Å². The molecule has 26 heteroatoms. The highest BCUT2D eigenvalue weighted by Crippen LogP contribution is 2.28. The Hall–Kier alpha value is -7.23. The average Bonchev–Trinajstić information content (AvgIpc) is 3.24. The van der Waals surface area contributed by atoms with E-state index in [1.54, 1.807) is 0 Å². The molecule has 0 atom stereocenters. The molecular formula is C38H30N8O14S4+2. The van der Waals surface area contributed by atoms with Crippen LogP contribution in [0.1, 0.15) is 11.1 Å². The van der Waals surface area contributed by atoms with Crippen LogP contribution in [0.15, 0.2) is 174 Å². The third kappa shape index (κ3) is 12.2. The van der Waals surface area contributed by atoms with Crippen LogP contribution in [0.2, 0.25) is 0 Å². The molecular weight excluding hydrogens is 921 g/mol. The number of hydrogen-bond acceptors (Lipinski definition) is 15. The van der Waals surface area contributed by atoms with E-state index in [-0.39, 0.29) is 60.8 Å². The first-order valence-electron chi connectivity index (χ1n) is 17.6. The first kappa shape index (κ1) is 46.3. The van der Waals surface area contributed by atoms with Crippen molar-refractivity contribution in [3.8, 4) is 0 Å². The van der Waals surface area contributed by atoms with Gasteiger partial charge >= 0.3 is 5.71 Å². The highest BCUT2D eigenvalue weighted by molar-refractivity contribution is 7.86. The van der Waals surface area contributed by atoms with Crippen molar-refractivity contribution < 1.29 is 66.7 Å². The van der Waals surface area contributed by atoms with Gasteiger partial charge in [0, 0.05) is 24.3 Å². The topological polar surface area (TPSA) is 337 Å². The zero-order chi connectivity index (χ0) is 46.5. The number of hydrazine groups is 1. The van der Waals surface area contributed by atoms with Gasteiger partial charge in [-0.25, -0.2) is 0 Å². The van der Waals surface area contributed by atoms with Gasteiger partial charge in [0.05, 0.1) is 42.3 Å². The molecule has 0 amide bonds. The van der Waals surface area contributed by atoms with Gasteiger partial charge < -0.3 is 0 Å². The summed E-state index contributed by atoms with van der Waals surface area (Å²) in [6.07, 6.45) is 8.11. The summed E-state index contributed by atoms with van der Waals surface area (Å²) in [5, 5.41) is 26.6. The van der Waals surface area contributed by atoms with Gasteiger partial charge in [0.15, 0.2) is 10.6 Å². The number of hydrogen-bond donors (Lipinski definition) is 6. The van der Waals surface area contributed by atoms with Crippen LogP contribution >= 0.6 is 0 Å². The lowest BCUT2D eigenvalue weighted by atomic mass is 10.1. The van der Waals surface area contributed by atoms with Gasteiger partial charge in [-0.05, 0) is 108 Å². The highest BCUT2D eigenvalue weighted by Gasteiger charge is 2.21. The van der Waals surface area contributed by atoms with Crippen molar-refractivity contribution in [1.29, 1.82) is 0 Å². The van der Waals surface area contributed by atoms with Crippen LogP contribution in [0.3, 0.4) is 0 Å². The molecule has 0 fully saturated rings. The first-order chi connectivity index (χ1) is 30.0. The molecule has 6 rings (SSSR count). The molecule has 0 bridgehead atoms. The van der Waals surface area contributed by atoms with E-state index in [1.165, 1.54) is 97.1 Å². The maximum Gasteiger partial charge on any atom is 0.365 e. The van der Waals surface area contributed by atoms with Gasteiger partial charge in [-0.3, -0.25) is 23.4 Å². The summed E-state index contributed by atoms with van der Waals surface area (Å²) in [4.78, 5) is 15.2. The van der Waals surface area contributed by atoms with E-state index in [0.717, 1.165) is 48.6 Å². The Morgan fingerprint density at radius 2 is 1.03 bits per heavy atom. The Kier molecular flexibility index (Phi) is 13.5. The largest absolute Gasteiger partial charge is 0.365 e. The summed E-state index contributed by atoms with van der Waals surface area (Å²) < 4.78 is 133. The van der Waals surface area contributed by atoms with E-state index in [1.807, 2.05) is 0 Å². The van der Waals surface area contributed by atoms with Crippen molar-refractivity contribution in [2.45, 2.75) is 19.6 Å². The van der Waals surface area contributed by atoms with Crippen molar-refractivity contribution in [2.24, 2.45) is 20.4 Å². The number of azo groups is 1. The minimum absolute atomic E-state index is 0.0185. The fourth-order valence-corrected chi connectivity index (χ4v) is 7.72. The van der Waals surface area contributed by atoms with Crippen molar-refractivity contribution >= 4 is 98.2 Å². The van der Waals surface area contributed by atoms with Crippen LogP contribution in [-0.2, 0) is 40.5 Å². The smallest absolute Gasteiger partial charge is 0.282 e. The number of nitroso groups, excluding NO2 is 1. The second kappa shape index (κ2) is 18.6. The van der Waals surface area contributed by atoms with Gasteiger partial charge in [-0.2, -0.15) is 43.9 Å². The monoisotopic (exact) mass is 950 g/mol. The molecule has 1 aliphatic rings. The van der Waals surface area contributed by atoms with E-state index in [9.17, 15) is 52.9 Å². The summed E-state index contributed by atoms with van der Waals surface area (Å²) in [6, 6.07) is 22.1. The molecule has 5 aromatic carbocycles. The minimum Gasteiger partial charge on any atom is -0.282 e. The Morgan fingerprint density at radius 3 is 1.55 bits per heavy atom. The fraction of sp³-hybridized carbons (Fsp3) is 0. The Labute approximate surface area is 363 Å². The number of anilines is 2. The number of hydrazone groups is 1. The van der Waals surface area contributed by atoms with E-state index in [0.29, 0.717) is 15.7 Å². The number of allylic oxidation sites excluding steroid dienone is 4. The van der Waals surface area contributed by atoms with Crippen LogP contribution in [0.25, 0.3) is 12.2 Å². The van der Waals surface area contributed by atoms with Crippen molar-refractivity contribution in [3.63, 3.8) is 0 Å². The first-order valence-corrected chi connectivity index (χ1v) is 23.3. The van der Waals surface area contributed by atoms with Crippen molar-refractivity contribution in [3.05, 3.63) is 150 Å². The zero-order valence-corrected chi connectivity index (χ0v) is 35.3. The molecule has 6 N–H and O–H groups in total. The normalized spacial score (nSPS) is 13.3. The highest BCUT2D eigenvalue weighted by atomic mass is 32.2. The van der Waals surface area contributed by atoms with Crippen LogP contribution < -0.4 is 10.6 Å². The Balaban J connectivity index is 1.14. The number of nitrogens with zero attached hydrogens (tertiary/aromatic N) is 7. The van der Waals surface area contributed by atoms with Crippen molar-refractivity contribution in [2.75, 3.05) is 10.6 Å². The summed E-state index contributed by atoms with van der Waals surface area (Å²) in [5.74, 6) is 0. The van der Waals surface area contributed by atoms with E-state index >= 15 is 0 Å². The standard InChI is InChI=1S/C38H28N8O14S4/c47-45(34-17-21-36(22-18-34)62(52,53)54)43-30-9-7-27(8-10-30)41-42-31-5-3-25(37(23-31)63(55,56)57)1-2-26-4-6-32(24-38(26)64(58,59)60)44-46(48)33-15-11-28(12-16-33)39-40-29-13-19-35(20-14-29)61(49,50)51/h1-24,47H,(H3-,49,50,51,52,53,54,55,56,57,58,59,60)/p+2. The van der Waals surface area contributed by atoms with Gasteiger partial charge in [-0.1, -0.05) is 24.3 Å². The molecule has 0 aromatic heterocycles. The van der Waals surface area contributed by atoms with Crippen LogP contribution in [0.5, 0.6) is 0 Å². The SMILES string of the molecule is O=[N+](Nc1ccc(C=Cc2ccc(N=[N+]=C3C=CC(=NN(O)c4ccc(S(=O)(=O)O)cc4)C=C3)cc2S(=O)(=O)O)c(S(=O)(=O)O)c1)c1ccc(N=Nc2ccc(S(=O)(=O)O)cc2)cc1. The molecule has 0 saturated heterocycles. The third-order valence-corrected chi connectivity index (χ3v) is 12.0. The second-order valence-corrected chi connectivity index (χ2v) is 18.5. The predicted octanol–water partition coefficient (Wildman–Crippen LogP) is 6.81. The molecule has 0 aliphatic heterocycles.